The number of rotatable bonds is 4. The lowest BCUT2D eigenvalue weighted by Gasteiger charge is -2.21. The van der Waals surface area contributed by atoms with E-state index in [9.17, 15) is 9.59 Å². The number of aliphatic imine (C=N–C) groups is 1. The summed E-state index contributed by atoms with van der Waals surface area (Å²) in [5.41, 5.74) is 3.75. The van der Waals surface area contributed by atoms with Gasteiger partial charge in [-0.25, -0.2) is 9.79 Å². The Morgan fingerprint density at radius 2 is 1.74 bits per heavy atom. The van der Waals surface area contributed by atoms with E-state index in [4.69, 9.17) is 0 Å². The first-order valence-corrected chi connectivity index (χ1v) is 11.0. The Kier molecular flexibility index (Phi) is 6.04. The summed E-state index contributed by atoms with van der Waals surface area (Å²) in [6, 6.07) is 24.3. The molecule has 1 aliphatic rings. The van der Waals surface area contributed by atoms with Gasteiger partial charge in [0.25, 0.3) is 5.91 Å². The highest BCUT2D eigenvalue weighted by Gasteiger charge is 2.30. The molecule has 0 fully saturated rings. The average molecular weight is 431 g/mol. The first kappa shape index (κ1) is 20.7. The van der Waals surface area contributed by atoms with Crippen LogP contribution in [0.5, 0.6) is 0 Å². The fraction of sp³-hybridized carbons (Fsp3) is 0.125. The molecule has 0 radical (unpaired) electrons. The maximum absolute atomic E-state index is 13.1. The number of carbonyl (C=O) groups excluding carboxylic acids is 2. The summed E-state index contributed by atoms with van der Waals surface area (Å²) >= 11 is 1.59. The number of fused-ring (bicyclic) bond motifs is 1. The van der Waals surface area contributed by atoms with Gasteiger partial charge >= 0.3 is 6.03 Å². The molecular formula is C24H22N4O2S. The molecule has 0 aliphatic carbocycles. The first-order valence-electron chi connectivity index (χ1n) is 9.78. The first-order chi connectivity index (χ1) is 15.1. The number of benzene rings is 3. The van der Waals surface area contributed by atoms with Gasteiger partial charge in [-0.05, 0) is 30.5 Å². The molecular weight excluding hydrogens is 408 g/mol. The van der Waals surface area contributed by atoms with Crippen LogP contribution in [0.4, 0.5) is 16.2 Å². The second-order valence-corrected chi connectivity index (χ2v) is 7.87. The molecule has 3 amide bonds. The van der Waals surface area contributed by atoms with Crippen molar-refractivity contribution in [2.45, 2.75) is 11.1 Å². The SMILES string of the molecule is CSc1cccc(NC(=O)N[C@@H]2N=C(c3ccccc3)c3ccccc3N(C)C2=O)c1. The summed E-state index contributed by atoms with van der Waals surface area (Å²) in [6.45, 7) is 0. The van der Waals surface area contributed by atoms with Gasteiger partial charge in [0.1, 0.15) is 0 Å². The van der Waals surface area contributed by atoms with Crippen LogP contribution in [0.25, 0.3) is 0 Å². The minimum atomic E-state index is -1.06. The minimum absolute atomic E-state index is 0.314. The van der Waals surface area contributed by atoms with E-state index in [0.29, 0.717) is 11.4 Å². The third-order valence-electron chi connectivity index (χ3n) is 4.99. The van der Waals surface area contributed by atoms with E-state index in [1.165, 1.54) is 4.90 Å². The fourth-order valence-corrected chi connectivity index (χ4v) is 3.89. The van der Waals surface area contributed by atoms with E-state index in [0.717, 1.165) is 21.7 Å². The Balaban J connectivity index is 1.66. The highest BCUT2D eigenvalue weighted by molar-refractivity contribution is 7.98. The normalized spacial score (nSPS) is 15.5. The van der Waals surface area contributed by atoms with Gasteiger partial charge in [0.15, 0.2) is 0 Å². The van der Waals surface area contributed by atoms with Crippen molar-refractivity contribution in [3.05, 3.63) is 90.0 Å². The number of hydrogen-bond donors (Lipinski definition) is 2. The molecule has 4 rings (SSSR count). The monoisotopic (exact) mass is 430 g/mol. The highest BCUT2D eigenvalue weighted by atomic mass is 32.2. The van der Waals surface area contributed by atoms with Gasteiger partial charge in [0, 0.05) is 28.8 Å². The van der Waals surface area contributed by atoms with Gasteiger partial charge in [-0.15, -0.1) is 11.8 Å². The molecule has 3 aromatic carbocycles. The molecule has 31 heavy (non-hydrogen) atoms. The Morgan fingerprint density at radius 3 is 2.52 bits per heavy atom. The maximum atomic E-state index is 13.1. The predicted octanol–water partition coefficient (Wildman–Crippen LogP) is 4.37. The van der Waals surface area contributed by atoms with Crippen LogP contribution in [0.1, 0.15) is 11.1 Å². The average Bonchev–Trinajstić information content (AvgIpc) is 2.90. The topological polar surface area (TPSA) is 73.8 Å². The number of nitrogens with zero attached hydrogens (tertiary/aromatic N) is 2. The van der Waals surface area contributed by atoms with Gasteiger partial charge in [0.05, 0.1) is 11.4 Å². The molecule has 7 heteroatoms. The van der Waals surface area contributed by atoms with Crippen molar-refractivity contribution in [1.29, 1.82) is 0 Å². The number of carbonyl (C=O) groups is 2. The standard InChI is InChI=1S/C24H22N4O2S/c1-28-20-14-7-6-13-19(20)21(16-9-4-3-5-10-16)26-22(23(28)29)27-24(30)25-17-11-8-12-18(15-17)31-2/h3-15,22H,1-2H3,(H2,25,27,30)/t22-/m0/s1. The molecule has 0 bridgehead atoms. The zero-order valence-electron chi connectivity index (χ0n) is 17.2. The van der Waals surface area contributed by atoms with Crippen molar-refractivity contribution >= 4 is 40.8 Å². The number of hydrogen-bond acceptors (Lipinski definition) is 4. The summed E-state index contributed by atoms with van der Waals surface area (Å²) in [5.74, 6) is -0.314. The number of likely N-dealkylation sites (N-methyl/N-ethyl adjacent to an activating group) is 1. The highest BCUT2D eigenvalue weighted by Crippen LogP contribution is 2.27. The molecule has 0 unspecified atom stereocenters. The number of amides is 3. The molecule has 0 saturated carbocycles. The van der Waals surface area contributed by atoms with Gasteiger partial charge in [-0.3, -0.25) is 4.79 Å². The summed E-state index contributed by atoms with van der Waals surface area (Å²) in [4.78, 5) is 33.1. The smallest absolute Gasteiger partial charge is 0.311 e. The maximum Gasteiger partial charge on any atom is 0.321 e. The molecule has 156 valence electrons. The van der Waals surface area contributed by atoms with Gasteiger partial charge in [-0.2, -0.15) is 0 Å². The van der Waals surface area contributed by atoms with E-state index < -0.39 is 12.2 Å². The Bertz CT molecular complexity index is 1150. The number of nitrogens with one attached hydrogen (secondary N) is 2. The van der Waals surface area contributed by atoms with E-state index in [-0.39, 0.29) is 5.91 Å². The summed E-state index contributed by atoms with van der Waals surface area (Å²) < 4.78 is 0. The molecule has 0 aromatic heterocycles. The lowest BCUT2D eigenvalue weighted by molar-refractivity contribution is -0.119. The number of para-hydroxylation sites is 1. The molecule has 3 aromatic rings. The third-order valence-corrected chi connectivity index (χ3v) is 5.71. The third kappa shape index (κ3) is 4.46. The van der Waals surface area contributed by atoms with Crippen molar-refractivity contribution < 1.29 is 9.59 Å². The van der Waals surface area contributed by atoms with Crippen molar-refractivity contribution in [2.75, 3.05) is 23.5 Å². The van der Waals surface area contributed by atoms with E-state index in [1.807, 2.05) is 79.1 Å². The zero-order valence-corrected chi connectivity index (χ0v) is 18.0. The van der Waals surface area contributed by atoms with Gasteiger partial charge < -0.3 is 15.5 Å². The predicted molar refractivity (Wildman–Crippen MR) is 126 cm³/mol. The van der Waals surface area contributed by atoms with Crippen LogP contribution >= 0.6 is 11.8 Å². The molecule has 1 aliphatic heterocycles. The van der Waals surface area contributed by atoms with Crippen LogP contribution in [0.3, 0.4) is 0 Å². The number of urea groups is 1. The van der Waals surface area contributed by atoms with Gasteiger partial charge in [0.2, 0.25) is 6.17 Å². The molecule has 6 nitrogen and oxygen atoms in total. The zero-order chi connectivity index (χ0) is 21.8. The second-order valence-electron chi connectivity index (χ2n) is 6.99. The quantitative estimate of drug-likeness (QED) is 0.604. The molecule has 1 heterocycles. The van der Waals surface area contributed by atoms with Crippen LogP contribution in [-0.2, 0) is 4.79 Å². The van der Waals surface area contributed by atoms with Crippen molar-refractivity contribution in [2.24, 2.45) is 4.99 Å². The van der Waals surface area contributed by atoms with E-state index in [2.05, 4.69) is 15.6 Å². The van der Waals surface area contributed by atoms with Crippen LogP contribution < -0.4 is 15.5 Å². The van der Waals surface area contributed by atoms with Crippen molar-refractivity contribution in [1.82, 2.24) is 5.32 Å². The lowest BCUT2D eigenvalue weighted by Crippen LogP contribution is -2.47. The van der Waals surface area contributed by atoms with Crippen molar-refractivity contribution in [3.63, 3.8) is 0 Å². The van der Waals surface area contributed by atoms with Gasteiger partial charge in [-0.1, -0.05) is 54.6 Å². The number of benzodiazepines with no additional fused rings is 1. The minimum Gasteiger partial charge on any atom is -0.311 e. The molecule has 1 atom stereocenters. The Hall–Kier alpha value is -3.58. The largest absolute Gasteiger partial charge is 0.321 e. The Morgan fingerprint density at radius 1 is 1.00 bits per heavy atom. The summed E-state index contributed by atoms with van der Waals surface area (Å²) in [7, 11) is 1.69. The van der Waals surface area contributed by atoms with Crippen molar-refractivity contribution in [3.8, 4) is 0 Å². The van der Waals surface area contributed by atoms with Crippen LogP contribution in [-0.4, -0.2) is 37.1 Å². The summed E-state index contributed by atoms with van der Waals surface area (Å²) in [6.07, 6.45) is 0.910. The Labute approximate surface area is 185 Å². The van der Waals surface area contributed by atoms with E-state index in [1.54, 1.807) is 24.9 Å². The number of thioether (sulfide) groups is 1. The van der Waals surface area contributed by atoms with E-state index >= 15 is 0 Å². The van der Waals surface area contributed by atoms with Crippen LogP contribution in [0.2, 0.25) is 0 Å². The fourth-order valence-electron chi connectivity index (χ4n) is 3.43. The van der Waals surface area contributed by atoms with Crippen LogP contribution in [0, 0.1) is 0 Å². The second kappa shape index (κ2) is 9.06. The molecule has 2 N–H and O–H groups in total. The molecule has 0 saturated heterocycles. The van der Waals surface area contributed by atoms with Crippen LogP contribution in [0.15, 0.2) is 88.8 Å². The lowest BCUT2D eigenvalue weighted by atomic mass is 10.0. The summed E-state index contributed by atoms with van der Waals surface area (Å²) in [5, 5.41) is 5.52. The molecule has 0 spiro atoms. The number of anilines is 2.